The summed E-state index contributed by atoms with van der Waals surface area (Å²) in [5, 5.41) is 7.03. The Kier molecular flexibility index (Phi) is 4.53. The molecule has 0 aliphatic carbocycles. The molecule has 0 aliphatic rings. The van der Waals surface area contributed by atoms with Crippen LogP contribution >= 0.6 is 0 Å². The average Bonchev–Trinajstić information content (AvgIpc) is 2.87. The van der Waals surface area contributed by atoms with Gasteiger partial charge in [0.05, 0.1) is 6.20 Å². The molecule has 5 heteroatoms. The Labute approximate surface area is 118 Å². The van der Waals surface area contributed by atoms with Gasteiger partial charge in [0.15, 0.2) is 0 Å². The van der Waals surface area contributed by atoms with Gasteiger partial charge in [-0.05, 0) is 19.4 Å². The number of amides is 1. The maximum atomic E-state index is 12.0. The van der Waals surface area contributed by atoms with Gasteiger partial charge in [-0.15, -0.1) is 0 Å². The highest BCUT2D eigenvalue weighted by Gasteiger charge is 2.14. The van der Waals surface area contributed by atoms with E-state index in [-0.39, 0.29) is 24.4 Å². The molecule has 0 saturated heterocycles. The molecule has 1 heterocycles. The fourth-order valence-electron chi connectivity index (χ4n) is 2.04. The van der Waals surface area contributed by atoms with Crippen molar-refractivity contribution in [3.05, 3.63) is 48.2 Å². The number of carbonyl (C=O) groups excluding carboxylic acids is 1. The number of aromatic nitrogens is 2. The normalized spacial score (nSPS) is 12.4. The lowest BCUT2D eigenvalue weighted by Crippen LogP contribution is -2.22. The van der Waals surface area contributed by atoms with Gasteiger partial charge in [0, 0.05) is 24.6 Å². The summed E-state index contributed by atoms with van der Waals surface area (Å²) in [7, 11) is 0. The summed E-state index contributed by atoms with van der Waals surface area (Å²) in [4.78, 5) is 12.0. The van der Waals surface area contributed by atoms with Crippen LogP contribution in [0.1, 0.15) is 37.9 Å². The van der Waals surface area contributed by atoms with Crippen molar-refractivity contribution in [2.75, 3.05) is 5.32 Å². The quantitative estimate of drug-likeness (QED) is 0.878. The van der Waals surface area contributed by atoms with Crippen LogP contribution < -0.4 is 11.1 Å². The van der Waals surface area contributed by atoms with Crippen molar-refractivity contribution in [3.63, 3.8) is 0 Å². The molecule has 1 atom stereocenters. The summed E-state index contributed by atoms with van der Waals surface area (Å²) in [6, 6.07) is 11.3. The summed E-state index contributed by atoms with van der Waals surface area (Å²) in [6.45, 7) is 4.02. The molecular weight excluding hydrogens is 252 g/mol. The van der Waals surface area contributed by atoms with Crippen molar-refractivity contribution in [3.8, 4) is 0 Å². The van der Waals surface area contributed by atoms with Gasteiger partial charge >= 0.3 is 0 Å². The first-order valence-electron chi connectivity index (χ1n) is 6.72. The smallest absolute Gasteiger partial charge is 0.227 e. The number of rotatable bonds is 5. The minimum absolute atomic E-state index is 0.108. The zero-order chi connectivity index (χ0) is 14.5. The summed E-state index contributed by atoms with van der Waals surface area (Å²) < 4.78 is 1.77. The fraction of sp³-hybridized carbons (Fsp3) is 0.333. The minimum atomic E-state index is -0.299. The molecule has 0 spiro atoms. The van der Waals surface area contributed by atoms with Gasteiger partial charge in [-0.25, -0.2) is 4.68 Å². The predicted octanol–water partition coefficient (Wildman–Crippen LogP) is 2.49. The van der Waals surface area contributed by atoms with Crippen LogP contribution in [0.3, 0.4) is 0 Å². The first kappa shape index (κ1) is 14.3. The van der Waals surface area contributed by atoms with Crippen molar-refractivity contribution in [1.82, 2.24) is 9.78 Å². The van der Waals surface area contributed by atoms with Crippen molar-refractivity contribution < 1.29 is 4.79 Å². The number of carbonyl (C=O) groups is 1. The second-order valence-electron chi connectivity index (χ2n) is 5.02. The van der Waals surface area contributed by atoms with Crippen LogP contribution in [0.25, 0.3) is 0 Å². The Hall–Kier alpha value is -2.14. The molecule has 0 fully saturated rings. The monoisotopic (exact) mass is 272 g/mol. The maximum Gasteiger partial charge on any atom is 0.227 e. The molecule has 1 unspecified atom stereocenters. The highest BCUT2D eigenvalue weighted by Crippen LogP contribution is 2.16. The second-order valence-corrected chi connectivity index (χ2v) is 5.02. The van der Waals surface area contributed by atoms with Crippen LogP contribution in [0.15, 0.2) is 42.6 Å². The standard InChI is InChI=1S/C15H20N4O/c1-11(2)19-14(8-9-17-19)18-15(20)10-13(16)12-6-4-3-5-7-12/h3-9,11,13H,10,16H2,1-2H3,(H,18,20). The number of hydrogen-bond acceptors (Lipinski definition) is 3. The molecule has 3 N–H and O–H groups in total. The molecule has 0 radical (unpaired) electrons. The van der Waals surface area contributed by atoms with Crippen LogP contribution in [0.4, 0.5) is 5.82 Å². The SMILES string of the molecule is CC(C)n1nccc1NC(=O)CC(N)c1ccccc1. The largest absolute Gasteiger partial charge is 0.324 e. The van der Waals surface area contributed by atoms with E-state index in [2.05, 4.69) is 10.4 Å². The Morgan fingerprint density at radius 3 is 2.65 bits per heavy atom. The van der Waals surface area contributed by atoms with Gasteiger partial charge in [-0.3, -0.25) is 4.79 Å². The molecule has 1 amide bonds. The van der Waals surface area contributed by atoms with E-state index < -0.39 is 0 Å². The number of nitrogens with one attached hydrogen (secondary N) is 1. The third-order valence-electron chi connectivity index (χ3n) is 3.06. The van der Waals surface area contributed by atoms with Crippen LogP contribution in [0, 0.1) is 0 Å². The lowest BCUT2D eigenvalue weighted by Gasteiger charge is -2.14. The van der Waals surface area contributed by atoms with Crippen molar-refractivity contribution in [2.24, 2.45) is 5.73 Å². The van der Waals surface area contributed by atoms with Gasteiger partial charge in [0.2, 0.25) is 5.91 Å². The molecule has 2 aromatic rings. The number of anilines is 1. The zero-order valence-corrected chi connectivity index (χ0v) is 11.8. The Balaban J connectivity index is 1.97. The molecule has 2 rings (SSSR count). The average molecular weight is 272 g/mol. The van der Waals surface area contributed by atoms with E-state index in [0.29, 0.717) is 5.82 Å². The van der Waals surface area contributed by atoms with Crippen LogP contribution in [0.2, 0.25) is 0 Å². The molecule has 106 valence electrons. The minimum Gasteiger partial charge on any atom is -0.324 e. The van der Waals surface area contributed by atoms with E-state index in [1.165, 1.54) is 0 Å². The van der Waals surface area contributed by atoms with Crippen LogP contribution in [0.5, 0.6) is 0 Å². The van der Waals surface area contributed by atoms with E-state index in [4.69, 9.17) is 5.73 Å². The molecule has 0 bridgehead atoms. The second kappa shape index (κ2) is 6.34. The topological polar surface area (TPSA) is 72.9 Å². The zero-order valence-electron chi connectivity index (χ0n) is 11.8. The van der Waals surface area contributed by atoms with E-state index in [0.717, 1.165) is 5.56 Å². The van der Waals surface area contributed by atoms with Crippen molar-refractivity contribution >= 4 is 11.7 Å². The Bertz CT molecular complexity index is 562. The molecule has 5 nitrogen and oxygen atoms in total. The number of benzene rings is 1. The summed E-state index contributed by atoms with van der Waals surface area (Å²) in [6.07, 6.45) is 1.92. The van der Waals surface area contributed by atoms with Gasteiger partial charge in [-0.1, -0.05) is 30.3 Å². The molecule has 1 aromatic carbocycles. The lowest BCUT2D eigenvalue weighted by atomic mass is 10.0. The highest BCUT2D eigenvalue weighted by molar-refractivity contribution is 5.90. The summed E-state index contributed by atoms with van der Waals surface area (Å²) in [5.41, 5.74) is 7.00. The fourth-order valence-corrected chi connectivity index (χ4v) is 2.04. The molecular formula is C15H20N4O. The van der Waals surface area contributed by atoms with Crippen LogP contribution in [-0.2, 0) is 4.79 Å². The maximum absolute atomic E-state index is 12.0. The first-order chi connectivity index (χ1) is 9.58. The predicted molar refractivity (Wildman–Crippen MR) is 79.2 cm³/mol. The molecule has 0 aliphatic heterocycles. The van der Waals surface area contributed by atoms with E-state index in [9.17, 15) is 4.79 Å². The number of nitrogens with two attached hydrogens (primary N) is 1. The van der Waals surface area contributed by atoms with Gasteiger partial charge in [0.25, 0.3) is 0 Å². The number of hydrogen-bond donors (Lipinski definition) is 2. The van der Waals surface area contributed by atoms with Crippen LogP contribution in [-0.4, -0.2) is 15.7 Å². The van der Waals surface area contributed by atoms with Gasteiger partial charge in [0.1, 0.15) is 5.82 Å². The Morgan fingerprint density at radius 1 is 1.30 bits per heavy atom. The Morgan fingerprint density at radius 2 is 2.00 bits per heavy atom. The van der Waals surface area contributed by atoms with Gasteiger partial charge in [-0.2, -0.15) is 5.10 Å². The molecule has 1 aromatic heterocycles. The van der Waals surface area contributed by atoms with E-state index in [1.54, 1.807) is 16.9 Å². The lowest BCUT2D eigenvalue weighted by molar-refractivity contribution is -0.116. The first-order valence-corrected chi connectivity index (χ1v) is 6.72. The third-order valence-corrected chi connectivity index (χ3v) is 3.06. The van der Waals surface area contributed by atoms with Crippen molar-refractivity contribution in [1.29, 1.82) is 0 Å². The molecule has 20 heavy (non-hydrogen) atoms. The summed E-state index contributed by atoms with van der Waals surface area (Å²) in [5.74, 6) is 0.592. The number of nitrogens with zero attached hydrogens (tertiary/aromatic N) is 2. The van der Waals surface area contributed by atoms with E-state index in [1.807, 2.05) is 44.2 Å². The van der Waals surface area contributed by atoms with Crippen molar-refractivity contribution in [2.45, 2.75) is 32.4 Å². The molecule has 0 saturated carbocycles. The third kappa shape index (κ3) is 3.45. The highest BCUT2D eigenvalue weighted by atomic mass is 16.1. The summed E-state index contributed by atoms with van der Waals surface area (Å²) >= 11 is 0. The van der Waals surface area contributed by atoms with E-state index >= 15 is 0 Å². The van der Waals surface area contributed by atoms with Gasteiger partial charge < -0.3 is 11.1 Å².